The molecule has 0 aromatic heterocycles. The summed E-state index contributed by atoms with van der Waals surface area (Å²) in [5.41, 5.74) is 1.01. The van der Waals surface area contributed by atoms with Crippen molar-refractivity contribution >= 4 is 21.6 Å². The van der Waals surface area contributed by atoms with Crippen LogP contribution < -0.4 is 0 Å². The highest BCUT2D eigenvalue weighted by Crippen LogP contribution is 2.28. The summed E-state index contributed by atoms with van der Waals surface area (Å²) < 4.78 is 0.516. The number of nitro groups is 1. The molecule has 0 atom stereocenters. The van der Waals surface area contributed by atoms with E-state index in [1.54, 1.807) is 12.1 Å². The van der Waals surface area contributed by atoms with Gasteiger partial charge in [-0.25, -0.2) is 0 Å². The zero-order valence-electron chi connectivity index (χ0n) is 7.37. The fourth-order valence-corrected chi connectivity index (χ4v) is 1.35. The lowest BCUT2D eigenvalue weighted by Gasteiger charge is -2.04. The van der Waals surface area contributed by atoms with Crippen LogP contribution in [0.15, 0.2) is 22.7 Å². The molecular weight excluding hydrogens is 234 g/mol. The summed E-state index contributed by atoms with van der Waals surface area (Å²) in [7, 11) is 0. The monoisotopic (exact) mass is 242 g/mol. The summed E-state index contributed by atoms with van der Waals surface area (Å²) in [5.74, 6) is 1.07. The molecule has 0 N–H and O–H groups in total. The predicted octanol–water partition coefficient (Wildman–Crippen LogP) is 3.32. The third kappa shape index (κ3) is 2.28. The van der Waals surface area contributed by atoms with Crippen LogP contribution in [0.4, 0.5) is 5.69 Å². The van der Waals surface area contributed by atoms with Crippen molar-refractivity contribution in [1.82, 2.24) is 0 Å². The number of nitro benzene ring substituents is 1. The SMILES string of the molecule is C[C](C)c1ccc(Br)c([N+](=O)[O-])c1. The maximum absolute atomic E-state index is 10.6. The van der Waals surface area contributed by atoms with Gasteiger partial charge in [0, 0.05) is 6.07 Å². The van der Waals surface area contributed by atoms with Crippen LogP contribution >= 0.6 is 15.9 Å². The number of nitrogens with zero attached hydrogens (tertiary/aromatic N) is 1. The molecule has 0 fully saturated rings. The Kier molecular flexibility index (Phi) is 3.03. The van der Waals surface area contributed by atoms with Gasteiger partial charge in [-0.15, -0.1) is 0 Å². The van der Waals surface area contributed by atoms with Crippen LogP contribution in [0.3, 0.4) is 0 Å². The molecule has 0 unspecified atom stereocenters. The summed E-state index contributed by atoms with van der Waals surface area (Å²) in [4.78, 5) is 10.2. The maximum atomic E-state index is 10.6. The lowest BCUT2D eigenvalue weighted by Crippen LogP contribution is -1.93. The fourth-order valence-electron chi connectivity index (χ4n) is 0.964. The number of hydrogen-bond donors (Lipinski definition) is 0. The Labute approximate surface area is 85.0 Å². The van der Waals surface area contributed by atoms with E-state index in [9.17, 15) is 10.1 Å². The second kappa shape index (κ2) is 3.87. The molecule has 1 rings (SSSR count). The first kappa shape index (κ1) is 10.2. The first-order valence-electron chi connectivity index (χ1n) is 3.77. The van der Waals surface area contributed by atoms with Crippen LogP contribution in [-0.2, 0) is 0 Å². The molecule has 0 amide bonds. The third-order valence-electron chi connectivity index (χ3n) is 1.72. The standard InChI is InChI=1S/C9H9BrNO2/c1-6(2)7-3-4-8(10)9(5-7)11(12)13/h3-5H,1-2H3. The Balaban J connectivity index is 3.19. The first-order valence-corrected chi connectivity index (χ1v) is 4.56. The van der Waals surface area contributed by atoms with Crippen LogP contribution in [0.2, 0.25) is 0 Å². The Bertz CT molecular complexity index is 336. The maximum Gasteiger partial charge on any atom is 0.283 e. The second-order valence-electron chi connectivity index (χ2n) is 2.92. The predicted molar refractivity (Wildman–Crippen MR) is 54.5 cm³/mol. The topological polar surface area (TPSA) is 43.1 Å². The van der Waals surface area contributed by atoms with Gasteiger partial charge in [0.1, 0.15) is 0 Å². The van der Waals surface area contributed by atoms with Gasteiger partial charge in [0.05, 0.1) is 9.40 Å². The molecule has 0 spiro atoms. The quantitative estimate of drug-likeness (QED) is 0.590. The average molecular weight is 243 g/mol. The van der Waals surface area contributed by atoms with Crippen molar-refractivity contribution in [1.29, 1.82) is 0 Å². The van der Waals surface area contributed by atoms with E-state index >= 15 is 0 Å². The first-order chi connectivity index (χ1) is 6.02. The van der Waals surface area contributed by atoms with Crippen LogP contribution in [0.1, 0.15) is 19.4 Å². The molecule has 1 aromatic rings. The molecule has 13 heavy (non-hydrogen) atoms. The van der Waals surface area contributed by atoms with Crippen LogP contribution in [0.25, 0.3) is 0 Å². The summed E-state index contributed by atoms with van der Waals surface area (Å²) in [6, 6.07) is 5.12. The highest BCUT2D eigenvalue weighted by Gasteiger charge is 2.13. The number of hydrogen-bond acceptors (Lipinski definition) is 2. The Morgan fingerprint density at radius 2 is 2.08 bits per heavy atom. The van der Waals surface area contributed by atoms with Gasteiger partial charge in [-0.1, -0.05) is 19.9 Å². The number of halogens is 1. The van der Waals surface area contributed by atoms with E-state index in [0.717, 1.165) is 11.5 Å². The van der Waals surface area contributed by atoms with E-state index in [1.165, 1.54) is 0 Å². The highest BCUT2D eigenvalue weighted by atomic mass is 79.9. The van der Waals surface area contributed by atoms with Gasteiger partial charge in [0.15, 0.2) is 0 Å². The van der Waals surface area contributed by atoms with Gasteiger partial charge in [-0.2, -0.15) is 0 Å². The minimum atomic E-state index is -0.392. The minimum absolute atomic E-state index is 0.110. The van der Waals surface area contributed by atoms with E-state index in [4.69, 9.17) is 0 Å². The van der Waals surface area contributed by atoms with Gasteiger partial charge in [-0.3, -0.25) is 10.1 Å². The summed E-state index contributed by atoms with van der Waals surface area (Å²) in [5, 5.41) is 10.6. The molecule has 1 aromatic carbocycles. The van der Waals surface area contributed by atoms with Crippen molar-refractivity contribution in [2.45, 2.75) is 13.8 Å². The van der Waals surface area contributed by atoms with Gasteiger partial charge in [0.25, 0.3) is 5.69 Å². The van der Waals surface area contributed by atoms with Crippen molar-refractivity contribution in [3.63, 3.8) is 0 Å². The lowest BCUT2D eigenvalue weighted by atomic mass is 10.0. The normalized spacial score (nSPS) is 10.5. The van der Waals surface area contributed by atoms with Gasteiger partial charge in [0.2, 0.25) is 0 Å². The smallest absolute Gasteiger partial charge is 0.258 e. The molecule has 4 heteroatoms. The van der Waals surface area contributed by atoms with E-state index < -0.39 is 4.92 Å². The molecular formula is C9H9BrNO2. The van der Waals surface area contributed by atoms with Crippen molar-refractivity contribution in [2.75, 3.05) is 0 Å². The zero-order valence-corrected chi connectivity index (χ0v) is 8.96. The Morgan fingerprint density at radius 1 is 1.46 bits per heavy atom. The fraction of sp³-hybridized carbons (Fsp3) is 0.222. The molecule has 0 aliphatic carbocycles. The van der Waals surface area contributed by atoms with E-state index in [-0.39, 0.29) is 5.69 Å². The molecule has 3 nitrogen and oxygen atoms in total. The van der Waals surface area contributed by atoms with Crippen molar-refractivity contribution in [3.05, 3.63) is 44.3 Å². The summed E-state index contributed by atoms with van der Waals surface area (Å²) in [6.45, 7) is 3.85. The number of benzene rings is 1. The molecule has 0 aliphatic rings. The summed E-state index contributed by atoms with van der Waals surface area (Å²) in [6.07, 6.45) is 0. The van der Waals surface area contributed by atoms with Crippen LogP contribution in [0, 0.1) is 16.0 Å². The zero-order chi connectivity index (χ0) is 10.0. The molecule has 0 bridgehead atoms. The molecule has 0 saturated carbocycles. The van der Waals surface area contributed by atoms with Crippen molar-refractivity contribution < 1.29 is 4.92 Å². The van der Waals surface area contributed by atoms with Gasteiger partial charge in [-0.05, 0) is 33.5 Å². The van der Waals surface area contributed by atoms with Crippen molar-refractivity contribution in [2.24, 2.45) is 0 Å². The van der Waals surface area contributed by atoms with Crippen LogP contribution in [-0.4, -0.2) is 4.92 Å². The van der Waals surface area contributed by atoms with Gasteiger partial charge >= 0.3 is 0 Å². The van der Waals surface area contributed by atoms with Crippen molar-refractivity contribution in [3.8, 4) is 0 Å². The molecule has 0 aliphatic heterocycles. The largest absolute Gasteiger partial charge is 0.283 e. The second-order valence-corrected chi connectivity index (χ2v) is 3.78. The highest BCUT2D eigenvalue weighted by molar-refractivity contribution is 9.10. The molecule has 69 valence electrons. The Morgan fingerprint density at radius 3 is 2.54 bits per heavy atom. The lowest BCUT2D eigenvalue weighted by molar-refractivity contribution is -0.385. The van der Waals surface area contributed by atoms with E-state index in [2.05, 4.69) is 15.9 Å². The van der Waals surface area contributed by atoms with Crippen LogP contribution in [0.5, 0.6) is 0 Å². The number of rotatable bonds is 2. The molecule has 0 heterocycles. The molecule has 1 radical (unpaired) electrons. The molecule has 0 saturated heterocycles. The average Bonchev–Trinajstić information content (AvgIpc) is 2.04. The Hall–Kier alpha value is -0.900. The summed E-state index contributed by atoms with van der Waals surface area (Å²) >= 11 is 3.13. The minimum Gasteiger partial charge on any atom is -0.258 e. The van der Waals surface area contributed by atoms with E-state index in [1.807, 2.05) is 19.9 Å². The van der Waals surface area contributed by atoms with E-state index in [0.29, 0.717) is 4.47 Å². The third-order valence-corrected chi connectivity index (χ3v) is 2.39. The van der Waals surface area contributed by atoms with Gasteiger partial charge < -0.3 is 0 Å².